The Labute approximate surface area is 150 Å². The topological polar surface area (TPSA) is 57.5 Å². The first-order valence-electron chi connectivity index (χ1n) is 9.28. The minimum absolute atomic E-state index is 0.341. The lowest BCUT2D eigenvalue weighted by Crippen LogP contribution is -2.19. The van der Waals surface area contributed by atoms with E-state index < -0.39 is 12.1 Å². The summed E-state index contributed by atoms with van der Waals surface area (Å²) in [6.45, 7) is 2.26. The number of carbonyl (C=O) groups is 1. The number of aliphatic hydroxyl groups excluding tert-OH is 1. The number of carbonyl (C=O) groups excluding carboxylic acids is 1. The number of hydrogen-bond donors (Lipinski definition) is 2. The molecule has 0 aliphatic carbocycles. The van der Waals surface area contributed by atoms with E-state index in [-0.39, 0.29) is 0 Å². The van der Waals surface area contributed by atoms with E-state index in [0.29, 0.717) is 5.56 Å². The molecule has 3 nitrogen and oxygen atoms in total. The normalized spacial score (nSPS) is 11.2. The molecule has 0 saturated heterocycles. The van der Waals surface area contributed by atoms with Gasteiger partial charge < -0.3 is 10.2 Å². The minimum Gasteiger partial charge on any atom is -0.362 e. The molecule has 0 bridgehead atoms. The summed E-state index contributed by atoms with van der Waals surface area (Å²) in [5.41, 5.74) is 0.341. The molecule has 136 valence electrons. The molecule has 0 aliphatic heterocycles. The second-order valence-corrected chi connectivity index (χ2v) is 7.46. The van der Waals surface area contributed by atoms with Gasteiger partial charge in [0.2, 0.25) is 12.1 Å². The summed E-state index contributed by atoms with van der Waals surface area (Å²) in [5.74, 6) is 0.438. The molecule has 0 amide bonds. The quantitative estimate of drug-likeness (QED) is 0.209. The predicted molar refractivity (Wildman–Crippen MR) is 102 cm³/mol. The van der Waals surface area contributed by atoms with E-state index in [4.69, 9.17) is 10.2 Å². The second-order valence-electron chi connectivity index (χ2n) is 6.29. The minimum atomic E-state index is -1.92. The van der Waals surface area contributed by atoms with Crippen LogP contribution < -0.4 is 0 Å². The van der Waals surface area contributed by atoms with E-state index in [9.17, 15) is 4.79 Å². The maximum Gasteiger partial charge on any atom is 0.218 e. The van der Waals surface area contributed by atoms with Gasteiger partial charge in [-0.3, -0.25) is 4.79 Å². The number of ketones is 1. The average Bonchev–Trinajstić information content (AvgIpc) is 2.59. The van der Waals surface area contributed by atoms with Crippen molar-refractivity contribution in [2.75, 3.05) is 5.75 Å². The molecule has 4 heteroatoms. The molecule has 0 aliphatic rings. The average molecular weight is 353 g/mol. The van der Waals surface area contributed by atoms with Gasteiger partial charge in [-0.25, -0.2) is 0 Å². The van der Waals surface area contributed by atoms with E-state index in [1.165, 1.54) is 64.2 Å². The van der Waals surface area contributed by atoms with Crippen molar-refractivity contribution in [3.05, 3.63) is 29.8 Å². The van der Waals surface area contributed by atoms with Crippen LogP contribution in [0.15, 0.2) is 29.2 Å². The number of unbranched alkanes of at least 4 members (excludes halogenated alkanes) is 9. The SMILES string of the molecule is CCCCCCCCCCCCSc1ccc(C(=O)C(O)O)cc1. The van der Waals surface area contributed by atoms with Crippen LogP contribution in [0.5, 0.6) is 0 Å². The molecule has 0 heterocycles. The third-order valence-electron chi connectivity index (χ3n) is 4.14. The highest BCUT2D eigenvalue weighted by molar-refractivity contribution is 7.99. The van der Waals surface area contributed by atoms with Crippen molar-refractivity contribution in [2.24, 2.45) is 0 Å². The van der Waals surface area contributed by atoms with E-state index >= 15 is 0 Å². The van der Waals surface area contributed by atoms with Crippen molar-refractivity contribution in [3.63, 3.8) is 0 Å². The summed E-state index contributed by atoms with van der Waals surface area (Å²) in [7, 11) is 0. The Morgan fingerprint density at radius 2 is 1.38 bits per heavy atom. The molecule has 0 aromatic heterocycles. The van der Waals surface area contributed by atoms with Crippen LogP contribution in [0.3, 0.4) is 0 Å². The molecule has 2 N–H and O–H groups in total. The molecule has 24 heavy (non-hydrogen) atoms. The molecule has 1 rings (SSSR count). The maximum absolute atomic E-state index is 11.4. The number of thioether (sulfide) groups is 1. The van der Waals surface area contributed by atoms with E-state index in [0.717, 1.165) is 10.6 Å². The Morgan fingerprint density at radius 3 is 1.88 bits per heavy atom. The van der Waals surface area contributed by atoms with Crippen LogP contribution >= 0.6 is 11.8 Å². The number of Topliss-reactive ketones (excluding diaryl/α,β-unsaturated/α-hetero) is 1. The molecule has 0 fully saturated rings. The van der Waals surface area contributed by atoms with Crippen molar-refractivity contribution in [2.45, 2.75) is 82.3 Å². The van der Waals surface area contributed by atoms with Gasteiger partial charge in [0.05, 0.1) is 0 Å². The molecule has 1 aromatic carbocycles. The zero-order valence-electron chi connectivity index (χ0n) is 14.9. The van der Waals surface area contributed by atoms with Gasteiger partial charge in [0.15, 0.2) is 0 Å². The van der Waals surface area contributed by atoms with Gasteiger partial charge in [-0.15, -0.1) is 11.8 Å². The predicted octanol–water partition coefficient (Wildman–Crippen LogP) is 5.19. The first-order chi connectivity index (χ1) is 11.6. The summed E-state index contributed by atoms with van der Waals surface area (Å²) in [6, 6.07) is 7.05. The lowest BCUT2D eigenvalue weighted by atomic mass is 10.1. The standard InChI is InChI=1S/C20H32O3S/c1-2-3-4-5-6-7-8-9-10-11-16-24-18-14-12-17(13-15-18)19(21)20(22)23/h12-15,20,22-23H,2-11,16H2,1H3. The van der Waals surface area contributed by atoms with Gasteiger partial charge >= 0.3 is 0 Å². The number of hydrogen-bond acceptors (Lipinski definition) is 4. The van der Waals surface area contributed by atoms with Crippen LogP contribution in [0.25, 0.3) is 0 Å². The van der Waals surface area contributed by atoms with Gasteiger partial charge in [0, 0.05) is 10.5 Å². The zero-order chi connectivity index (χ0) is 17.6. The summed E-state index contributed by atoms with van der Waals surface area (Å²) in [5, 5.41) is 17.7. The molecule has 0 unspecified atom stereocenters. The fourth-order valence-corrected chi connectivity index (χ4v) is 3.56. The fourth-order valence-electron chi connectivity index (χ4n) is 2.64. The van der Waals surface area contributed by atoms with Crippen molar-refractivity contribution in [1.29, 1.82) is 0 Å². The molecule has 0 saturated carbocycles. The first-order valence-corrected chi connectivity index (χ1v) is 10.3. The molecular weight excluding hydrogens is 320 g/mol. The summed E-state index contributed by atoms with van der Waals surface area (Å²) >= 11 is 1.79. The number of aliphatic hydroxyl groups is 2. The van der Waals surface area contributed by atoms with Crippen LogP contribution in [0.4, 0.5) is 0 Å². The number of rotatable bonds is 14. The van der Waals surface area contributed by atoms with Gasteiger partial charge in [-0.2, -0.15) is 0 Å². The van der Waals surface area contributed by atoms with Gasteiger partial charge in [0.1, 0.15) is 0 Å². The zero-order valence-corrected chi connectivity index (χ0v) is 15.7. The van der Waals surface area contributed by atoms with E-state index in [2.05, 4.69) is 6.92 Å². The smallest absolute Gasteiger partial charge is 0.218 e. The largest absolute Gasteiger partial charge is 0.362 e. The summed E-state index contributed by atoms with van der Waals surface area (Å²) in [4.78, 5) is 12.5. The highest BCUT2D eigenvalue weighted by Gasteiger charge is 2.13. The molecule has 1 aromatic rings. The van der Waals surface area contributed by atoms with Crippen LogP contribution in [0.1, 0.15) is 81.5 Å². The third-order valence-corrected chi connectivity index (χ3v) is 5.24. The third kappa shape index (κ3) is 9.45. The summed E-state index contributed by atoms with van der Waals surface area (Å²) < 4.78 is 0. The Kier molecular flexibility index (Phi) is 11.9. The van der Waals surface area contributed by atoms with Crippen molar-refractivity contribution in [3.8, 4) is 0 Å². The Morgan fingerprint density at radius 1 is 0.875 bits per heavy atom. The first kappa shape index (κ1) is 21.2. The van der Waals surface area contributed by atoms with Crippen molar-refractivity contribution < 1.29 is 15.0 Å². The molecular formula is C20H32O3S. The van der Waals surface area contributed by atoms with E-state index in [1.54, 1.807) is 23.9 Å². The molecule has 0 radical (unpaired) electrons. The highest BCUT2D eigenvalue weighted by Crippen LogP contribution is 2.21. The van der Waals surface area contributed by atoms with Crippen molar-refractivity contribution >= 4 is 17.5 Å². The van der Waals surface area contributed by atoms with Crippen LogP contribution in [0.2, 0.25) is 0 Å². The molecule has 0 atom stereocenters. The Balaban J connectivity index is 2.02. The van der Waals surface area contributed by atoms with E-state index in [1.807, 2.05) is 12.1 Å². The Hall–Kier alpha value is -0.840. The summed E-state index contributed by atoms with van der Waals surface area (Å²) in [6.07, 6.45) is 11.5. The van der Waals surface area contributed by atoms with Crippen LogP contribution in [0, 0.1) is 0 Å². The van der Waals surface area contributed by atoms with Crippen LogP contribution in [-0.2, 0) is 0 Å². The van der Waals surface area contributed by atoms with Gasteiger partial charge in [-0.05, 0) is 24.3 Å². The highest BCUT2D eigenvalue weighted by atomic mass is 32.2. The second kappa shape index (κ2) is 13.5. The Bertz CT molecular complexity index is 443. The molecule has 0 spiro atoms. The van der Waals surface area contributed by atoms with Crippen LogP contribution in [-0.4, -0.2) is 28.0 Å². The lowest BCUT2D eigenvalue weighted by molar-refractivity contribution is -0.0195. The lowest BCUT2D eigenvalue weighted by Gasteiger charge is -2.05. The maximum atomic E-state index is 11.4. The number of benzene rings is 1. The fraction of sp³-hybridized carbons (Fsp3) is 0.650. The van der Waals surface area contributed by atoms with Gasteiger partial charge in [-0.1, -0.05) is 76.8 Å². The van der Waals surface area contributed by atoms with Gasteiger partial charge in [0.25, 0.3) is 0 Å². The monoisotopic (exact) mass is 352 g/mol. The van der Waals surface area contributed by atoms with Crippen molar-refractivity contribution in [1.82, 2.24) is 0 Å².